The third kappa shape index (κ3) is 3.24. The molecule has 1 N–H and O–H groups in total. The highest BCUT2D eigenvalue weighted by Crippen LogP contribution is 2.24. The Hall–Kier alpha value is -3.22. The Kier molecular flexibility index (Phi) is 4.24. The smallest absolute Gasteiger partial charge is 0.325 e. The minimum atomic E-state index is -1.03. The van der Waals surface area contributed by atoms with Crippen LogP contribution in [-0.4, -0.2) is 33.0 Å². The van der Waals surface area contributed by atoms with Crippen molar-refractivity contribution >= 4 is 5.97 Å². The summed E-state index contributed by atoms with van der Waals surface area (Å²) >= 11 is 0. The average Bonchev–Trinajstić information content (AvgIpc) is 2.98. The Morgan fingerprint density at radius 2 is 1.75 bits per heavy atom. The number of carboxylic acid groups (broad SMARTS) is 1. The number of benzene rings is 2. The molecule has 0 atom stereocenters. The standard InChI is InChI=1S/C17H14FN3O3/c1-24-14-8-4-12(5-9-14)17-19-16(20-21(17)10-15(22)23)11-2-6-13(18)7-3-11/h2-9H,10H2,1H3,(H,22,23). The number of rotatable bonds is 5. The maximum atomic E-state index is 13.1. The summed E-state index contributed by atoms with van der Waals surface area (Å²) in [4.78, 5) is 15.5. The van der Waals surface area contributed by atoms with Gasteiger partial charge in [-0.15, -0.1) is 5.10 Å². The first-order chi connectivity index (χ1) is 11.6. The fraction of sp³-hybridized carbons (Fsp3) is 0.118. The molecule has 0 saturated carbocycles. The summed E-state index contributed by atoms with van der Waals surface area (Å²) in [5.74, 6) is 0.0441. The molecule has 0 radical (unpaired) electrons. The molecule has 122 valence electrons. The van der Waals surface area contributed by atoms with Gasteiger partial charge >= 0.3 is 5.97 Å². The van der Waals surface area contributed by atoms with Crippen LogP contribution in [0.1, 0.15) is 0 Å². The minimum Gasteiger partial charge on any atom is -0.497 e. The summed E-state index contributed by atoms with van der Waals surface area (Å²) < 4.78 is 19.5. The number of carboxylic acids is 1. The fourth-order valence-corrected chi connectivity index (χ4v) is 2.26. The van der Waals surface area contributed by atoms with Gasteiger partial charge in [-0.2, -0.15) is 0 Å². The van der Waals surface area contributed by atoms with E-state index >= 15 is 0 Å². The van der Waals surface area contributed by atoms with Crippen LogP contribution in [0.25, 0.3) is 22.8 Å². The van der Waals surface area contributed by atoms with Gasteiger partial charge in [0.15, 0.2) is 11.6 Å². The molecule has 0 spiro atoms. The SMILES string of the molecule is COc1ccc(-c2nc(-c3ccc(F)cc3)nn2CC(=O)O)cc1. The maximum absolute atomic E-state index is 13.1. The molecular formula is C17H14FN3O3. The van der Waals surface area contributed by atoms with Crippen LogP contribution in [0.3, 0.4) is 0 Å². The van der Waals surface area contributed by atoms with Crippen LogP contribution >= 0.6 is 0 Å². The molecule has 0 fully saturated rings. The van der Waals surface area contributed by atoms with E-state index in [2.05, 4.69) is 10.1 Å². The van der Waals surface area contributed by atoms with Crippen molar-refractivity contribution in [2.45, 2.75) is 6.54 Å². The lowest BCUT2D eigenvalue weighted by Gasteiger charge is -2.04. The van der Waals surface area contributed by atoms with Gasteiger partial charge in [-0.3, -0.25) is 4.79 Å². The van der Waals surface area contributed by atoms with Crippen molar-refractivity contribution in [2.75, 3.05) is 7.11 Å². The lowest BCUT2D eigenvalue weighted by molar-refractivity contribution is -0.137. The van der Waals surface area contributed by atoms with E-state index in [0.29, 0.717) is 28.5 Å². The molecular weight excluding hydrogens is 313 g/mol. The van der Waals surface area contributed by atoms with E-state index in [-0.39, 0.29) is 12.4 Å². The van der Waals surface area contributed by atoms with Crippen molar-refractivity contribution in [3.05, 3.63) is 54.3 Å². The highest BCUT2D eigenvalue weighted by molar-refractivity contribution is 5.69. The van der Waals surface area contributed by atoms with E-state index in [1.807, 2.05) is 0 Å². The zero-order valence-electron chi connectivity index (χ0n) is 12.8. The number of hydrogen-bond acceptors (Lipinski definition) is 4. The molecule has 3 aromatic rings. The first kappa shape index (κ1) is 15.7. The fourth-order valence-electron chi connectivity index (χ4n) is 2.26. The number of nitrogens with zero attached hydrogens (tertiary/aromatic N) is 3. The lowest BCUT2D eigenvalue weighted by atomic mass is 10.2. The third-order valence-electron chi connectivity index (χ3n) is 3.41. The highest BCUT2D eigenvalue weighted by atomic mass is 19.1. The van der Waals surface area contributed by atoms with Gasteiger partial charge in [-0.1, -0.05) is 0 Å². The second-order valence-electron chi connectivity index (χ2n) is 5.05. The lowest BCUT2D eigenvalue weighted by Crippen LogP contribution is -2.11. The molecule has 24 heavy (non-hydrogen) atoms. The highest BCUT2D eigenvalue weighted by Gasteiger charge is 2.15. The van der Waals surface area contributed by atoms with Crippen LogP contribution in [0.5, 0.6) is 5.75 Å². The van der Waals surface area contributed by atoms with Crippen molar-refractivity contribution in [3.63, 3.8) is 0 Å². The van der Waals surface area contributed by atoms with Gasteiger partial charge in [0.25, 0.3) is 0 Å². The Morgan fingerprint density at radius 3 is 2.33 bits per heavy atom. The summed E-state index contributed by atoms with van der Waals surface area (Å²) in [6.07, 6.45) is 0. The second-order valence-corrected chi connectivity index (χ2v) is 5.05. The predicted octanol–water partition coefficient (Wildman–Crippen LogP) is 2.84. The summed E-state index contributed by atoms with van der Waals surface area (Å²) in [5, 5.41) is 13.3. The Balaban J connectivity index is 2.05. The normalized spacial score (nSPS) is 10.6. The number of hydrogen-bond donors (Lipinski definition) is 1. The monoisotopic (exact) mass is 327 g/mol. The molecule has 0 aliphatic carbocycles. The van der Waals surface area contributed by atoms with E-state index in [9.17, 15) is 9.18 Å². The van der Waals surface area contributed by atoms with Crippen LogP contribution in [-0.2, 0) is 11.3 Å². The minimum absolute atomic E-state index is 0.324. The number of halogens is 1. The first-order valence-electron chi connectivity index (χ1n) is 7.14. The predicted molar refractivity (Wildman–Crippen MR) is 85.0 cm³/mol. The number of ether oxygens (including phenoxy) is 1. The van der Waals surface area contributed by atoms with Crippen LogP contribution in [0.4, 0.5) is 4.39 Å². The van der Waals surface area contributed by atoms with E-state index in [1.54, 1.807) is 43.5 Å². The first-order valence-corrected chi connectivity index (χ1v) is 7.14. The van der Waals surface area contributed by atoms with E-state index in [4.69, 9.17) is 9.84 Å². The van der Waals surface area contributed by atoms with Crippen molar-refractivity contribution < 1.29 is 19.0 Å². The van der Waals surface area contributed by atoms with Gasteiger partial charge in [0.1, 0.15) is 18.1 Å². The Bertz CT molecular complexity index is 858. The quantitative estimate of drug-likeness (QED) is 0.780. The number of methoxy groups -OCH3 is 1. The van der Waals surface area contributed by atoms with Gasteiger partial charge in [-0.05, 0) is 48.5 Å². The molecule has 6 nitrogen and oxygen atoms in total. The van der Waals surface area contributed by atoms with Crippen molar-refractivity contribution in [1.29, 1.82) is 0 Å². The van der Waals surface area contributed by atoms with Crippen LogP contribution in [0, 0.1) is 5.82 Å². The molecule has 1 aromatic heterocycles. The molecule has 7 heteroatoms. The maximum Gasteiger partial charge on any atom is 0.325 e. The van der Waals surface area contributed by atoms with Crippen LogP contribution in [0.2, 0.25) is 0 Å². The van der Waals surface area contributed by atoms with Crippen LogP contribution < -0.4 is 4.74 Å². The Morgan fingerprint density at radius 1 is 1.12 bits per heavy atom. The Labute approximate surface area is 137 Å². The molecule has 0 unspecified atom stereocenters. The molecule has 2 aromatic carbocycles. The van der Waals surface area contributed by atoms with Gasteiger partial charge < -0.3 is 9.84 Å². The van der Waals surface area contributed by atoms with E-state index in [0.717, 1.165) is 0 Å². The zero-order valence-corrected chi connectivity index (χ0v) is 12.8. The van der Waals surface area contributed by atoms with Crippen LogP contribution in [0.15, 0.2) is 48.5 Å². The van der Waals surface area contributed by atoms with E-state index in [1.165, 1.54) is 16.8 Å². The summed E-state index contributed by atoms with van der Waals surface area (Å²) in [6, 6.07) is 12.8. The third-order valence-corrected chi connectivity index (χ3v) is 3.41. The molecule has 0 aliphatic rings. The number of carbonyl (C=O) groups is 1. The summed E-state index contributed by atoms with van der Waals surface area (Å²) in [7, 11) is 1.56. The van der Waals surface area contributed by atoms with Crippen molar-refractivity contribution in [1.82, 2.24) is 14.8 Å². The van der Waals surface area contributed by atoms with Gasteiger partial charge in [0, 0.05) is 11.1 Å². The molecule has 0 aliphatic heterocycles. The van der Waals surface area contributed by atoms with Gasteiger partial charge in [-0.25, -0.2) is 14.1 Å². The van der Waals surface area contributed by atoms with Crippen molar-refractivity contribution in [3.8, 4) is 28.5 Å². The largest absolute Gasteiger partial charge is 0.497 e. The number of aromatic nitrogens is 3. The van der Waals surface area contributed by atoms with Gasteiger partial charge in [0.05, 0.1) is 7.11 Å². The van der Waals surface area contributed by atoms with E-state index < -0.39 is 5.97 Å². The molecule has 3 rings (SSSR count). The molecule has 0 amide bonds. The van der Waals surface area contributed by atoms with Crippen molar-refractivity contribution in [2.24, 2.45) is 0 Å². The van der Waals surface area contributed by atoms with Gasteiger partial charge in [0.2, 0.25) is 0 Å². The topological polar surface area (TPSA) is 77.2 Å². The molecule has 0 saturated heterocycles. The second kappa shape index (κ2) is 6.49. The molecule has 1 heterocycles. The summed E-state index contributed by atoms with van der Waals surface area (Å²) in [6.45, 7) is -0.324. The average molecular weight is 327 g/mol. The summed E-state index contributed by atoms with van der Waals surface area (Å²) in [5.41, 5.74) is 1.31. The zero-order chi connectivity index (χ0) is 17.1. The number of aliphatic carboxylic acids is 1. The molecule has 0 bridgehead atoms.